The van der Waals surface area contributed by atoms with Crippen molar-refractivity contribution in [1.29, 1.82) is 0 Å². The minimum Gasteiger partial charge on any atom is -0.463 e. The number of ether oxygens (including phenoxy) is 1. The number of para-hydroxylation sites is 2. The summed E-state index contributed by atoms with van der Waals surface area (Å²) in [6.07, 6.45) is 1.68. The van der Waals surface area contributed by atoms with E-state index >= 15 is 0 Å². The number of fused-ring (bicyclic) bond motifs is 2. The van der Waals surface area contributed by atoms with Crippen molar-refractivity contribution in [3.8, 4) is 6.01 Å². The summed E-state index contributed by atoms with van der Waals surface area (Å²) < 4.78 is 8.11. The molecule has 0 radical (unpaired) electrons. The van der Waals surface area contributed by atoms with Gasteiger partial charge in [0, 0.05) is 0 Å². The Labute approximate surface area is 158 Å². The largest absolute Gasteiger partial charge is 0.463 e. The lowest BCUT2D eigenvalue weighted by molar-refractivity contribution is 0.251. The fourth-order valence-corrected chi connectivity index (χ4v) is 2.85. The van der Waals surface area contributed by atoms with Crippen molar-refractivity contribution in [2.75, 3.05) is 11.9 Å². The summed E-state index contributed by atoms with van der Waals surface area (Å²) in [5.74, 6) is 1.74. The minimum atomic E-state index is 0.319. The Kier molecular flexibility index (Phi) is 4.46. The Bertz CT molecular complexity index is 1020. The molecule has 0 bridgehead atoms. The number of hydrogen-bond donors (Lipinski definition) is 2. The Morgan fingerprint density at radius 2 is 2.08 bits per heavy atom. The van der Waals surface area contributed by atoms with Crippen LogP contribution in [0.15, 0.2) is 34.9 Å². The average Bonchev–Trinajstić information content (AvgIpc) is 3.21. The van der Waals surface area contributed by atoms with Gasteiger partial charge >= 0.3 is 6.01 Å². The van der Waals surface area contributed by atoms with Gasteiger partial charge in [0.15, 0.2) is 5.65 Å². The smallest absolute Gasteiger partial charge is 0.321 e. The van der Waals surface area contributed by atoms with Gasteiger partial charge in [0.2, 0.25) is 5.95 Å². The monoisotopic (exact) mass is 415 g/mol. The third kappa shape index (κ3) is 3.34. The van der Waals surface area contributed by atoms with Crippen molar-refractivity contribution < 1.29 is 4.74 Å². The van der Waals surface area contributed by atoms with Gasteiger partial charge in [-0.1, -0.05) is 26.0 Å². The van der Waals surface area contributed by atoms with Crippen molar-refractivity contribution in [1.82, 2.24) is 29.5 Å². The third-order valence-corrected chi connectivity index (χ3v) is 4.26. The maximum absolute atomic E-state index is 5.69. The van der Waals surface area contributed by atoms with Crippen molar-refractivity contribution in [3.05, 3.63) is 40.8 Å². The number of H-pyrrole nitrogens is 1. The molecule has 0 amide bonds. The zero-order valence-corrected chi connectivity index (χ0v) is 16.0. The molecular formula is C17H18BrN7O. The molecule has 3 heterocycles. The first-order valence-corrected chi connectivity index (χ1v) is 9.11. The van der Waals surface area contributed by atoms with E-state index in [1.54, 1.807) is 10.7 Å². The summed E-state index contributed by atoms with van der Waals surface area (Å²) in [5.41, 5.74) is 2.57. The van der Waals surface area contributed by atoms with Crippen LogP contribution in [0.4, 0.5) is 5.95 Å². The fraction of sp³-hybridized carbons (Fsp3) is 0.294. The van der Waals surface area contributed by atoms with E-state index in [-0.39, 0.29) is 0 Å². The normalized spacial score (nSPS) is 11.5. The van der Waals surface area contributed by atoms with E-state index in [1.807, 2.05) is 24.3 Å². The van der Waals surface area contributed by atoms with E-state index in [4.69, 9.17) is 4.74 Å². The summed E-state index contributed by atoms with van der Waals surface area (Å²) in [7, 11) is 0. The minimum absolute atomic E-state index is 0.319. The number of rotatable bonds is 6. The Hall–Kier alpha value is -2.68. The first-order chi connectivity index (χ1) is 12.6. The van der Waals surface area contributed by atoms with Gasteiger partial charge in [-0.25, -0.2) is 4.98 Å². The molecule has 0 fully saturated rings. The molecule has 0 atom stereocenters. The zero-order chi connectivity index (χ0) is 18.1. The third-order valence-electron chi connectivity index (χ3n) is 3.70. The van der Waals surface area contributed by atoms with E-state index < -0.39 is 0 Å². The summed E-state index contributed by atoms with van der Waals surface area (Å²) in [4.78, 5) is 16.7. The van der Waals surface area contributed by atoms with Crippen molar-refractivity contribution in [2.45, 2.75) is 20.4 Å². The van der Waals surface area contributed by atoms with Crippen LogP contribution in [0.2, 0.25) is 0 Å². The van der Waals surface area contributed by atoms with Crippen LogP contribution in [-0.2, 0) is 6.54 Å². The predicted octanol–water partition coefficient (Wildman–Crippen LogP) is 3.41. The molecule has 9 heteroatoms. The fourth-order valence-electron chi connectivity index (χ4n) is 2.50. The van der Waals surface area contributed by atoms with Crippen LogP contribution in [0.5, 0.6) is 6.01 Å². The molecule has 26 heavy (non-hydrogen) atoms. The topological polar surface area (TPSA) is 93.0 Å². The molecule has 0 unspecified atom stereocenters. The van der Waals surface area contributed by atoms with Crippen LogP contribution in [0.1, 0.15) is 19.7 Å². The molecular weight excluding hydrogens is 398 g/mol. The summed E-state index contributed by atoms with van der Waals surface area (Å²) in [6.45, 7) is 5.18. The molecule has 134 valence electrons. The lowest BCUT2D eigenvalue weighted by Gasteiger charge is -2.10. The lowest BCUT2D eigenvalue weighted by atomic mass is 10.2. The van der Waals surface area contributed by atoms with Gasteiger partial charge in [-0.05, 0) is 34.0 Å². The van der Waals surface area contributed by atoms with Gasteiger partial charge in [0.05, 0.1) is 34.9 Å². The number of benzene rings is 1. The molecule has 3 aromatic heterocycles. The van der Waals surface area contributed by atoms with Crippen LogP contribution in [-0.4, -0.2) is 36.2 Å². The maximum Gasteiger partial charge on any atom is 0.321 e. The second-order valence-electron chi connectivity index (χ2n) is 6.32. The highest BCUT2D eigenvalue weighted by Crippen LogP contribution is 2.21. The van der Waals surface area contributed by atoms with Crippen LogP contribution in [0.25, 0.3) is 16.7 Å². The van der Waals surface area contributed by atoms with Crippen molar-refractivity contribution in [3.63, 3.8) is 0 Å². The second kappa shape index (κ2) is 6.91. The van der Waals surface area contributed by atoms with Crippen LogP contribution >= 0.6 is 15.9 Å². The molecule has 4 rings (SSSR count). The van der Waals surface area contributed by atoms with Gasteiger partial charge in [-0.3, -0.25) is 0 Å². The first-order valence-electron chi connectivity index (χ1n) is 8.31. The Morgan fingerprint density at radius 1 is 1.23 bits per heavy atom. The Balaban J connectivity index is 1.61. The van der Waals surface area contributed by atoms with Crippen molar-refractivity contribution >= 4 is 38.6 Å². The van der Waals surface area contributed by atoms with Gasteiger partial charge in [0.25, 0.3) is 0 Å². The molecule has 0 spiro atoms. The quantitative estimate of drug-likeness (QED) is 0.501. The number of hydrogen-bond acceptors (Lipinski definition) is 6. The highest BCUT2D eigenvalue weighted by atomic mass is 79.9. The van der Waals surface area contributed by atoms with Gasteiger partial charge in [0.1, 0.15) is 5.82 Å². The molecule has 0 aliphatic heterocycles. The molecule has 4 aromatic rings. The van der Waals surface area contributed by atoms with Crippen LogP contribution in [0.3, 0.4) is 0 Å². The lowest BCUT2D eigenvalue weighted by Crippen LogP contribution is -2.13. The molecule has 2 N–H and O–H groups in total. The molecule has 8 nitrogen and oxygen atoms in total. The summed E-state index contributed by atoms with van der Waals surface area (Å²) >= 11 is 3.46. The van der Waals surface area contributed by atoms with Crippen LogP contribution < -0.4 is 10.1 Å². The second-order valence-corrected chi connectivity index (χ2v) is 7.17. The molecule has 0 aliphatic carbocycles. The number of imidazole rings is 1. The number of halogens is 1. The molecule has 0 saturated heterocycles. The zero-order valence-electron chi connectivity index (χ0n) is 14.4. The summed E-state index contributed by atoms with van der Waals surface area (Å²) in [6, 6.07) is 8.23. The van der Waals surface area contributed by atoms with E-state index in [9.17, 15) is 0 Å². The number of nitrogens with zero attached hydrogens (tertiary/aromatic N) is 5. The number of aromatic amines is 1. The van der Waals surface area contributed by atoms with E-state index in [2.05, 4.69) is 60.1 Å². The predicted molar refractivity (Wildman–Crippen MR) is 102 cm³/mol. The van der Waals surface area contributed by atoms with Gasteiger partial charge < -0.3 is 15.0 Å². The number of aromatic nitrogens is 6. The first kappa shape index (κ1) is 16.8. The summed E-state index contributed by atoms with van der Waals surface area (Å²) in [5, 5.41) is 7.57. The van der Waals surface area contributed by atoms with E-state index in [0.717, 1.165) is 21.3 Å². The van der Waals surface area contributed by atoms with Gasteiger partial charge in [-0.2, -0.15) is 19.6 Å². The van der Waals surface area contributed by atoms with Gasteiger partial charge in [-0.15, -0.1) is 0 Å². The maximum atomic E-state index is 5.69. The van der Waals surface area contributed by atoms with Crippen LogP contribution in [0, 0.1) is 5.92 Å². The van der Waals surface area contributed by atoms with E-state index in [1.165, 1.54) is 0 Å². The highest BCUT2D eigenvalue weighted by Gasteiger charge is 2.13. The molecule has 0 saturated carbocycles. The number of nitrogens with one attached hydrogen (secondary N) is 2. The average molecular weight is 416 g/mol. The molecule has 1 aromatic carbocycles. The SMILES string of the molecule is CC(C)COc1nc(NCc2nc3ccccc3[nH]2)n2ncc(Br)c2n1. The number of anilines is 1. The Morgan fingerprint density at radius 3 is 2.88 bits per heavy atom. The molecule has 0 aliphatic rings. The van der Waals surface area contributed by atoms with E-state index in [0.29, 0.717) is 36.7 Å². The van der Waals surface area contributed by atoms with Crippen molar-refractivity contribution in [2.24, 2.45) is 5.92 Å². The standard InChI is InChI=1S/C17H18BrN7O/c1-10(2)9-26-17-23-15-11(18)7-20-25(15)16(24-17)19-8-14-21-12-5-3-4-6-13(12)22-14/h3-7,10H,8-9H2,1-2H3,(H,21,22)(H,19,23,24). The highest BCUT2D eigenvalue weighted by molar-refractivity contribution is 9.10.